The number of aliphatic hydroxyl groups excluding tert-OH is 15. The van der Waals surface area contributed by atoms with Crippen molar-refractivity contribution < 1.29 is 135 Å². The first-order chi connectivity index (χ1) is 34.1. The number of nitrogens with zero attached hydrogens (tertiary/aromatic N) is 3. The molecule has 73 heavy (non-hydrogen) atoms. The number of nitrogens with one attached hydrogen (secondary N) is 4. The number of hydroxylamine groups is 2. The van der Waals surface area contributed by atoms with Crippen molar-refractivity contribution in [3.8, 4) is 0 Å². The van der Waals surface area contributed by atoms with Gasteiger partial charge in [-0.05, 0) is 12.8 Å². The maximum absolute atomic E-state index is 13.2. The van der Waals surface area contributed by atoms with Gasteiger partial charge in [-0.25, -0.2) is 11.0 Å². The lowest BCUT2D eigenvalue weighted by molar-refractivity contribution is -0.151. The molecule has 34 heteroatoms. The smallest absolute Gasteiger partial charge is 0.317 e. The third-order valence-electron chi connectivity index (χ3n) is 11.7. The molecule has 426 valence electrons. The van der Waals surface area contributed by atoms with E-state index in [0.717, 1.165) is 4.90 Å². The fraction of sp³-hybridized carbons (Fsp3) is 0.846. The maximum Gasteiger partial charge on any atom is 0.317 e. The number of carboxylic acid groups (broad SMARTS) is 4. The highest BCUT2D eigenvalue weighted by Crippen LogP contribution is 2.28. The Labute approximate surface area is 415 Å². The molecule has 0 aromatic carbocycles. The van der Waals surface area contributed by atoms with Crippen molar-refractivity contribution in [2.45, 2.75) is 91.6 Å². The van der Waals surface area contributed by atoms with Crippen LogP contribution in [0.2, 0.25) is 0 Å². The largest absolute Gasteiger partial charge is 0.480 e. The van der Waals surface area contributed by atoms with Gasteiger partial charge in [0.25, 0.3) is 11.8 Å². The molecular weight excluding hydrogens is 998 g/mol. The molecule has 34 nitrogen and oxygen atoms in total. The summed E-state index contributed by atoms with van der Waals surface area (Å²) in [5.74, 6) is -8.51. The SMILES string of the molecule is O=C(O)CN1CCN(CC(=O)O)CC(CCCONCC(CNOCC(O)C(O)C(O)C(O)CO)(CNC(=O)C(O)C(O)C(O)C(O)CO)CNC(=O)C(O)C(O)C(O)C(O)CO)(N(CC(=O)O)CC(=O)O)C1. The molecule has 0 aromatic rings. The van der Waals surface area contributed by atoms with Gasteiger partial charge in [-0.15, -0.1) is 0 Å². The number of carbonyl (C=O) groups excluding carboxylic acids is 2. The first-order valence-electron chi connectivity index (χ1n) is 22.4. The molecule has 1 fully saturated rings. The first kappa shape index (κ1) is 67.0. The van der Waals surface area contributed by atoms with Gasteiger partial charge in [-0.2, -0.15) is 0 Å². The Balaban J connectivity index is 3.68. The standard InChI is InChI=1S/C39H73N7O27/c47-10-20(50)28(62)31(65)23(53)13-73-43-17-38(14-40-36(70)34(68)32(66)29(63)21(51)11-48,15-41-37(71)35(69)33(67)30(64)22(52)12-49)16-42-72-5-1-2-39(46(8-26(58)59)9-27(60)61)18-44(6-24(54)55)3-4-45(19-39)7-25(56)57/h20-23,28-35,42-43,47-53,62-69H,1-19H2,(H,40,70)(H,41,71)(H,54,55)(H,56,57)(H,58,59)(H,60,61). The van der Waals surface area contributed by atoms with Crippen molar-refractivity contribution >= 4 is 35.7 Å². The van der Waals surface area contributed by atoms with Crippen LogP contribution in [0.4, 0.5) is 0 Å². The number of aliphatic hydroxyl groups is 15. The summed E-state index contributed by atoms with van der Waals surface area (Å²) >= 11 is 0. The summed E-state index contributed by atoms with van der Waals surface area (Å²) < 4.78 is 0. The maximum atomic E-state index is 13.2. The van der Waals surface area contributed by atoms with E-state index in [0.29, 0.717) is 0 Å². The van der Waals surface area contributed by atoms with E-state index in [1.165, 1.54) is 9.80 Å². The lowest BCUT2D eigenvalue weighted by Gasteiger charge is -2.45. The van der Waals surface area contributed by atoms with Crippen molar-refractivity contribution in [3.05, 3.63) is 0 Å². The van der Waals surface area contributed by atoms with Crippen LogP contribution >= 0.6 is 0 Å². The van der Waals surface area contributed by atoms with Gasteiger partial charge >= 0.3 is 23.9 Å². The summed E-state index contributed by atoms with van der Waals surface area (Å²) in [7, 11) is 0. The summed E-state index contributed by atoms with van der Waals surface area (Å²) in [5.41, 5.74) is 1.40. The first-order valence-corrected chi connectivity index (χ1v) is 22.4. The molecule has 0 bridgehead atoms. The zero-order chi connectivity index (χ0) is 55.8. The Morgan fingerprint density at radius 3 is 1.26 bits per heavy atom. The summed E-state index contributed by atoms with van der Waals surface area (Å²) in [6.45, 7) is -11.0. The van der Waals surface area contributed by atoms with Gasteiger partial charge in [-0.3, -0.25) is 48.3 Å². The molecule has 0 aliphatic carbocycles. The molecule has 1 heterocycles. The fourth-order valence-corrected chi connectivity index (χ4v) is 7.46. The van der Waals surface area contributed by atoms with Gasteiger partial charge in [0.2, 0.25) is 0 Å². The number of carbonyl (C=O) groups is 6. The number of amides is 2. The number of aliphatic carboxylic acids is 4. The summed E-state index contributed by atoms with van der Waals surface area (Å²) in [6, 6.07) is 0. The average molecular weight is 1070 g/mol. The Hall–Kier alpha value is -4.06. The van der Waals surface area contributed by atoms with Crippen molar-refractivity contribution in [3.63, 3.8) is 0 Å². The van der Waals surface area contributed by atoms with Crippen molar-refractivity contribution in [2.24, 2.45) is 5.41 Å². The van der Waals surface area contributed by atoms with E-state index in [4.69, 9.17) is 25.0 Å². The second kappa shape index (κ2) is 33.1. The number of rotatable bonds is 39. The van der Waals surface area contributed by atoms with Crippen LogP contribution < -0.4 is 21.6 Å². The molecule has 1 saturated heterocycles. The molecule has 0 spiro atoms. The van der Waals surface area contributed by atoms with Gasteiger partial charge in [0.1, 0.15) is 61.0 Å². The van der Waals surface area contributed by atoms with Crippen LogP contribution in [0.15, 0.2) is 0 Å². The quantitative estimate of drug-likeness (QED) is 0.0201. The summed E-state index contributed by atoms with van der Waals surface area (Å²) in [4.78, 5) is 88.8. The minimum atomic E-state index is -2.54. The topological polar surface area (TPSA) is 563 Å². The third kappa shape index (κ3) is 22.8. The second-order valence-electron chi connectivity index (χ2n) is 17.6. The van der Waals surface area contributed by atoms with Crippen LogP contribution in [0.5, 0.6) is 0 Å². The van der Waals surface area contributed by atoms with Gasteiger partial charge in [-0.1, -0.05) is 0 Å². The van der Waals surface area contributed by atoms with Gasteiger partial charge < -0.3 is 112 Å². The van der Waals surface area contributed by atoms with Gasteiger partial charge in [0, 0.05) is 63.3 Å². The number of hydrogen-bond acceptors (Lipinski definition) is 28. The lowest BCUT2D eigenvalue weighted by atomic mass is 9.87. The zero-order valence-corrected chi connectivity index (χ0v) is 39.5. The Morgan fingerprint density at radius 1 is 0.521 bits per heavy atom. The highest BCUT2D eigenvalue weighted by Gasteiger charge is 2.44. The average Bonchev–Trinajstić information content (AvgIpc) is 3.51. The molecule has 0 saturated carbocycles. The number of hydrogen-bond donors (Lipinski definition) is 23. The third-order valence-corrected chi connectivity index (χ3v) is 11.7. The van der Waals surface area contributed by atoms with E-state index in [9.17, 15) is 110 Å². The molecule has 12 unspecified atom stereocenters. The molecule has 12 atom stereocenters. The van der Waals surface area contributed by atoms with Gasteiger partial charge in [0.05, 0.1) is 59.2 Å². The van der Waals surface area contributed by atoms with E-state index in [1.54, 1.807) is 0 Å². The van der Waals surface area contributed by atoms with Crippen LogP contribution in [-0.2, 0) is 38.4 Å². The normalized spacial score (nSPS) is 20.4. The minimum Gasteiger partial charge on any atom is -0.480 e. The molecule has 1 aliphatic heterocycles. The van der Waals surface area contributed by atoms with Crippen LogP contribution in [-0.4, -0.2) is 338 Å². The van der Waals surface area contributed by atoms with Crippen LogP contribution in [0.3, 0.4) is 0 Å². The molecular formula is C39H73N7O27. The zero-order valence-electron chi connectivity index (χ0n) is 39.5. The van der Waals surface area contributed by atoms with Crippen LogP contribution in [0.25, 0.3) is 0 Å². The van der Waals surface area contributed by atoms with Crippen molar-refractivity contribution in [2.75, 3.05) is 112 Å². The van der Waals surface area contributed by atoms with E-state index in [1.807, 2.05) is 0 Å². The monoisotopic (exact) mass is 1070 g/mol. The second-order valence-corrected chi connectivity index (χ2v) is 17.6. The predicted molar refractivity (Wildman–Crippen MR) is 237 cm³/mol. The highest BCUT2D eigenvalue weighted by atomic mass is 16.7. The number of carboxylic acids is 4. The van der Waals surface area contributed by atoms with E-state index >= 15 is 0 Å². The van der Waals surface area contributed by atoms with Crippen LogP contribution in [0, 0.1) is 5.41 Å². The minimum absolute atomic E-state index is 0.0169. The molecule has 1 rings (SSSR count). The Kier molecular flexibility index (Phi) is 30.3. The van der Waals surface area contributed by atoms with Crippen LogP contribution in [0.1, 0.15) is 12.8 Å². The lowest BCUT2D eigenvalue weighted by Crippen LogP contribution is -2.62. The Morgan fingerprint density at radius 2 is 0.890 bits per heavy atom. The predicted octanol–water partition coefficient (Wildman–Crippen LogP) is -13.7. The van der Waals surface area contributed by atoms with Gasteiger partial charge in [0.15, 0.2) is 12.2 Å². The summed E-state index contributed by atoms with van der Waals surface area (Å²) in [6.07, 6.45) is -27.0. The summed E-state index contributed by atoms with van der Waals surface area (Å²) in [5, 5.41) is 192. The van der Waals surface area contributed by atoms with E-state index < -0.39 is 199 Å². The van der Waals surface area contributed by atoms with E-state index in [2.05, 4.69) is 21.6 Å². The molecule has 0 radical (unpaired) electrons. The molecule has 0 aromatic heterocycles. The molecule has 1 aliphatic rings. The Bertz CT molecular complexity index is 1610. The molecule has 2 amide bonds. The van der Waals surface area contributed by atoms with Crippen molar-refractivity contribution in [1.82, 2.24) is 36.3 Å². The fourth-order valence-electron chi connectivity index (χ4n) is 7.46. The highest BCUT2D eigenvalue weighted by molar-refractivity contribution is 5.82. The van der Waals surface area contributed by atoms with E-state index in [-0.39, 0.29) is 45.6 Å². The van der Waals surface area contributed by atoms with Crippen molar-refractivity contribution in [1.29, 1.82) is 0 Å². The molecule has 23 N–H and O–H groups in total.